The van der Waals surface area contributed by atoms with Crippen LogP contribution in [-0.4, -0.2) is 6.54 Å². The van der Waals surface area contributed by atoms with Crippen LogP contribution in [0.3, 0.4) is 0 Å². The second-order valence-electron chi connectivity index (χ2n) is 5.43. The van der Waals surface area contributed by atoms with Gasteiger partial charge in [0.1, 0.15) is 0 Å². The first-order valence-electron chi connectivity index (χ1n) is 7.22. The van der Waals surface area contributed by atoms with Gasteiger partial charge in [0.15, 0.2) is 0 Å². The quantitative estimate of drug-likeness (QED) is 0.692. The second-order valence-corrected chi connectivity index (χ2v) is 5.43. The standard InChI is InChI=1S/C19H17N/c1-2-5-15-12-16(9-8-14(15)4-1)18-7-3-6-17-13-20-11-10-19(17)18/h1-9,12,20H,10-11,13H2. The lowest BCUT2D eigenvalue weighted by Crippen LogP contribution is -2.23. The highest BCUT2D eigenvalue weighted by molar-refractivity contribution is 5.88. The Morgan fingerprint density at radius 3 is 2.65 bits per heavy atom. The van der Waals surface area contributed by atoms with Crippen LogP contribution in [0.15, 0.2) is 60.7 Å². The van der Waals surface area contributed by atoms with Crippen LogP contribution in [-0.2, 0) is 13.0 Å². The van der Waals surface area contributed by atoms with E-state index in [1.807, 2.05) is 0 Å². The van der Waals surface area contributed by atoms with Gasteiger partial charge in [0.05, 0.1) is 0 Å². The van der Waals surface area contributed by atoms with E-state index in [2.05, 4.69) is 66.0 Å². The van der Waals surface area contributed by atoms with Crippen molar-refractivity contribution in [3.05, 3.63) is 71.8 Å². The molecule has 0 radical (unpaired) electrons. The van der Waals surface area contributed by atoms with E-state index in [4.69, 9.17) is 0 Å². The summed E-state index contributed by atoms with van der Waals surface area (Å²) in [6, 6.07) is 22.0. The average Bonchev–Trinajstić information content (AvgIpc) is 2.54. The predicted octanol–water partition coefficient (Wildman–Crippen LogP) is 4.15. The van der Waals surface area contributed by atoms with Crippen LogP contribution in [0.1, 0.15) is 11.1 Å². The highest BCUT2D eigenvalue weighted by atomic mass is 14.9. The molecule has 0 spiro atoms. The number of nitrogens with one attached hydrogen (secondary N) is 1. The molecule has 0 fully saturated rings. The predicted molar refractivity (Wildman–Crippen MR) is 84.8 cm³/mol. The summed E-state index contributed by atoms with van der Waals surface area (Å²) in [5, 5.41) is 6.07. The molecule has 1 aliphatic rings. The zero-order valence-electron chi connectivity index (χ0n) is 11.4. The van der Waals surface area contributed by atoms with Crippen LogP contribution in [0.5, 0.6) is 0 Å². The minimum Gasteiger partial charge on any atom is -0.312 e. The van der Waals surface area contributed by atoms with E-state index >= 15 is 0 Å². The van der Waals surface area contributed by atoms with Crippen molar-refractivity contribution in [3.63, 3.8) is 0 Å². The maximum atomic E-state index is 3.45. The van der Waals surface area contributed by atoms with E-state index in [9.17, 15) is 0 Å². The molecule has 1 heterocycles. The number of hydrogen-bond donors (Lipinski definition) is 1. The lowest BCUT2D eigenvalue weighted by Gasteiger charge is -2.20. The molecule has 3 aromatic rings. The Labute approximate surface area is 119 Å². The first kappa shape index (κ1) is 11.7. The van der Waals surface area contributed by atoms with Crippen molar-refractivity contribution in [3.8, 4) is 11.1 Å². The van der Waals surface area contributed by atoms with E-state index < -0.39 is 0 Å². The molecule has 0 atom stereocenters. The molecule has 4 rings (SSSR count). The number of benzene rings is 3. The Morgan fingerprint density at radius 1 is 0.800 bits per heavy atom. The monoisotopic (exact) mass is 259 g/mol. The average molecular weight is 259 g/mol. The molecule has 1 nitrogen and oxygen atoms in total. The van der Waals surface area contributed by atoms with Crippen molar-refractivity contribution in [1.29, 1.82) is 0 Å². The molecule has 20 heavy (non-hydrogen) atoms. The van der Waals surface area contributed by atoms with Crippen molar-refractivity contribution in [1.82, 2.24) is 5.32 Å². The Kier molecular flexibility index (Phi) is 2.79. The summed E-state index contributed by atoms with van der Waals surface area (Å²) in [4.78, 5) is 0. The maximum Gasteiger partial charge on any atom is 0.0208 e. The topological polar surface area (TPSA) is 12.0 Å². The van der Waals surface area contributed by atoms with Crippen LogP contribution in [0.4, 0.5) is 0 Å². The second kappa shape index (κ2) is 4.77. The van der Waals surface area contributed by atoms with Gasteiger partial charge in [-0.05, 0) is 52.1 Å². The first-order valence-corrected chi connectivity index (χ1v) is 7.22. The molecule has 0 aromatic heterocycles. The summed E-state index contributed by atoms with van der Waals surface area (Å²) in [5.74, 6) is 0. The minimum atomic E-state index is 0.997. The van der Waals surface area contributed by atoms with Crippen LogP contribution in [0.25, 0.3) is 21.9 Å². The van der Waals surface area contributed by atoms with Gasteiger partial charge >= 0.3 is 0 Å². The fraction of sp³-hybridized carbons (Fsp3) is 0.158. The van der Waals surface area contributed by atoms with Gasteiger partial charge in [0, 0.05) is 6.54 Å². The summed E-state index contributed by atoms with van der Waals surface area (Å²) in [7, 11) is 0. The highest BCUT2D eigenvalue weighted by Gasteiger charge is 2.13. The molecule has 1 aliphatic heterocycles. The number of rotatable bonds is 1. The van der Waals surface area contributed by atoms with Crippen molar-refractivity contribution >= 4 is 10.8 Å². The van der Waals surface area contributed by atoms with Crippen molar-refractivity contribution < 1.29 is 0 Å². The van der Waals surface area contributed by atoms with Gasteiger partial charge in [-0.15, -0.1) is 0 Å². The first-order chi connectivity index (χ1) is 9.92. The van der Waals surface area contributed by atoms with Crippen LogP contribution >= 0.6 is 0 Å². The molecule has 0 aliphatic carbocycles. The Hall–Kier alpha value is -2.12. The van der Waals surface area contributed by atoms with Crippen molar-refractivity contribution in [2.24, 2.45) is 0 Å². The van der Waals surface area contributed by atoms with Gasteiger partial charge in [0.2, 0.25) is 0 Å². The number of hydrogen-bond acceptors (Lipinski definition) is 1. The van der Waals surface area contributed by atoms with E-state index in [0.717, 1.165) is 19.5 Å². The van der Waals surface area contributed by atoms with E-state index in [1.165, 1.54) is 33.0 Å². The summed E-state index contributed by atoms with van der Waals surface area (Å²) < 4.78 is 0. The highest BCUT2D eigenvalue weighted by Crippen LogP contribution is 2.30. The smallest absolute Gasteiger partial charge is 0.0208 e. The normalized spacial score (nSPS) is 14.2. The zero-order valence-corrected chi connectivity index (χ0v) is 11.4. The third-order valence-electron chi connectivity index (χ3n) is 4.20. The molecule has 3 aromatic carbocycles. The van der Waals surface area contributed by atoms with Gasteiger partial charge in [-0.25, -0.2) is 0 Å². The SMILES string of the molecule is c1cc2c(c(-c3ccc4ccccc4c3)c1)CCNC2. The molecule has 0 amide bonds. The minimum absolute atomic E-state index is 0.997. The third-order valence-corrected chi connectivity index (χ3v) is 4.20. The van der Waals surface area contributed by atoms with E-state index in [0.29, 0.717) is 0 Å². The fourth-order valence-electron chi connectivity index (χ4n) is 3.16. The van der Waals surface area contributed by atoms with Gasteiger partial charge in [-0.1, -0.05) is 54.6 Å². The van der Waals surface area contributed by atoms with Crippen molar-refractivity contribution in [2.75, 3.05) is 6.54 Å². The largest absolute Gasteiger partial charge is 0.312 e. The Balaban J connectivity index is 1.90. The molecule has 1 N–H and O–H groups in total. The van der Waals surface area contributed by atoms with E-state index in [1.54, 1.807) is 0 Å². The Bertz CT molecular complexity index is 774. The molecular weight excluding hydrogens is 242 g/mol. The molecule has 0 unspecified atom stereocenters. The van der Waals surface area contributed by atoms with Gasteiger partial charge in [-0.2, -0.15) is 0 Å². The van der Waals surface area contributed by atoms with Gasteiger partial charge < -0.3 is 5.32 Å². The zero-order chi connectivity index (χ0) is 13.4. The lowest BCUT2D eigenvalue weighted by molar-refractivity contribution is 0.645. The summed E-state index contributed by atoms with van der Waals surface area (Å²) >= 11 is 0. The number of fused-ring (bicyclic) bond motifs is 2. The van der Waals surface area contributed by atoms with Crippen molar-refractivity contribution in [2.45, 2.75) is 13.0 Å². The lowest BCUT2D eigenvalue weighted by atomic mass is 9.90. The fourth-order valence-corrected chi connectivity index (χ4v) is 3.16. The molecular formula is C19H17N. The van der Waals surface area contributed by atoms with E-state index in [-0.39, 0.29) is 0 Å². The molecule has 1 heteroatoms. The maximum absolute atomic E-state index is 3.45. The summed E-state index contributed by atoms with van der Waals surface area (Å²) in [6.45, 7) is 2.08. The summed E-state index contributed by atoms with van der Waals surface area (Å²) in [5.41, 5.74) is 5.70. The molecule has 98 valence electrons. The van der Waals surface area contributed by atoms with Crippen LogP contribution < -0.4 is 5.32 Å². The van der Waals surface area contributed by atoms with Crippen LogP contribution in [0, 0.1) is 0 Å². The van der Waals surface area contributed by atoms with Crippen LogP contribution in [0.2, 0.25) is 0 Å². The molecule has 0 bridgehead atoms. The van der Waals surface area contributed by atoms with Gasteiger partial charge in [-0.3, -0.25) is 0 Å². The molecule has 0 saturated heterocycles. The summed E-state index contributed by atoms with van der Waals surface area (Å²) in [6.07, 6.45) is 1.12. The third kappa shape index (κ3) is 1.91. The Morgan fingerprint density at radius 2 is 1.70 bits per heavy atom. The van der Waals surface area contributed by atoms with Gasteiger partial charge in [0.25, 0.3) is 0 Å². The molecule has 0 saturated carbocycles.